The molecular formula is C22H24ClF3N4O3S. The Balaban J connectivity index is 0.00000324. The largest absolute Gasteiger partial charge is 0.573 e. The molecule has 1 fully saturated rings. The van der Waals surface area contributed by atoms with Crippen LogP contribution in [-0.4, -0.2) is 61.7 Å². The monoisotopic (exact) mass is 516 g/mol. The molecule has 1 N–H and O–H groups in total. The van der Waals surface area contributed by atoms with Gasteiger partial charge in [-0.05, 0) is 31.2 Å². The number of ether oxygens (including phenoxy) is 2. The van der Waals surface area contributed by atoms with Crippen molar-refractivity contribution in [3.63, 3.8) is 0 Å². The first-order valence-corrected chi connectivity index (χ1v) is 11.2. The molecule has 0 atom stereocenters. The van der Waals surface area contributed by atoms with Gasteiger partial charge in [0, 0.05) is 37.9 Å². The highest BCUT2D eigenvalue weighted by molar-refractivity contribution is 7.22. The number of aromatic nitrogens is 1. The molecule has 0 saturated carbocycles. The number of rotatable bonds is 6. The van der Waals surface area contributed by atoms with Gasteiger partial charge in [0.2, 0.25) is 0 Å². The van der Waals surface area contributed by atoms with Crippen LogP contribution in [0.5, 0.6) is 5.75 Å². The number of alkyl halides is 3. The molecule has 34 heavy (non-hydrogen) atoms. The summed E-state index contributed by atoms with van der Waals surface area (Å²) >= 11 is 1.14. The first kappa shape index (κ1) is 26.0. The van der Waals surface area contributed by atoms with Crippen LogP contribution < -0.4 is 15.0 Å². The Labute approximate surface area is 204 Å². The van der Waals surface area contributed by atoms with Crippen molar-refractivity contribution in [1.82, 2.24) is 9.88 Å². The van der Waals surface area contributed by atoms with Gasteiger partial charge in [0.25, 0.3) is 0 Å². The summed E-state index contributed by atoms with van der Waals surface area (Å²) in [7, 11) is 0. The van der Waals surface area contributed by atoms with Crippen LogP contribution in [0.4, 0.5) is 28.8 Å². The minimum absolute atomic E-state index is 0. The van der Waals surface area contributed by atoms with E-state index >= 15 is 0 Å². The molecule has 1 aliphatic rings. The SMILES string of the molecule is Cc1ccc(NC(=O)N(CCN2CCOCC2)c2nc3ccc(OC(F)(F)F)cc3s2)cc1.Cl. The molecule has 0 spiro atoms. The highest BCUT2D eigenvalue weighted by Gasteiger charge is 2.31. The highest BCUT2D eigenvalue weighted by Crippen LogP contribution is 2.33. The first-order chi connectivity index (χ1) is 15.8. The average molecular weight is 517 g/mol. The molecule has 2 amide bonds. The molecule has 0 bridgehead atoms. The fraction of sp³-hybridized carbons (Fsp3) is 0.364. The minimum Gasteiger partial charge on any atom is -0.406 e. The number of anilines is 2. The van der Waals surface area contributed by atoms with Crippen molar-refractivity contribution < 1.29 is 27.4 Å². The lowest BCUT2D eigenvalue weighted by Gasteiger charge is -2.29. The van der Waals surface area contributed by atoms with E-state index in [2.05, 4.69) is 19.9 Å². The third-order valence-corrected chi connectivity index (χ3v) is 6.15. The Bertz CT molecular complexity index is 1100. The van der Waals surface area contributed by atoms with Crippen LogP contribution in [0.15, 0.2) is 42.5 Å². The lowest BCUT2D eigenvalue weighted by molar-refractivity contribution is -0.274. The van der Waals surface area contributed by atoms with Crippen LogP contribution in [0.3, 0.4) is 0 Å². The van der Waals surface area contributed by atoms with E-state index in [1.807, 2.05) is 31.2 Å². The predicted octanol–water partition coefficient (Wildman–Crippen LogP) is 5.30. The molecule has 12 heteroatoms. The van der Waals surface area contributed by atoms with Crippen LogP contribution in [0.1, 0.15) is 5.56 Å². The predicted molar refractivity (Wildman–Crippen MR) is 128 cm³/mol. The maximum Gasteiger partial charge on any atom is 0.573 e. The van der Waals surface area contributed by atoms with Gasteiger partial charge in [0.1, 0.15) is 5.75 Å². The van der Waals surface area contributed by atoms with E-state index < -0.39 is 6.36 Å². The molecule has 7 nitrogen and oxygen atoms in total. The summed E-state index contributed by atoms with van der Waals surface area (Å²) < 4.78 is 47.6. The summed E-state index contributed by atoms with van der Waals surface area (Å²) in [5.74, 6) is -0.325. The van der Waals surface area contributed by atoms with Crippen molar-refractivity contribution in [3.8, 4) is 5.75 Å². The Morgan fingerprint density at radius 3 is 2.59 bits per heavy atom. The van der Waals surface area contributed by atoms with Gasteiger partial charge >= 0.3 is 12.4 Å². The fourth-order valence-electron chi connectivity index (χ4n) is 3.38. The number of morpholine rings is 1. The van der Waals surface area contributed by atoms with Gasteiger partial charge in [-0.1, -0.05) is 29.0 Å². The molecule has 0 unspecified atom stereocenters. The van der Waals surface area contributed by atoms with Crippen LogP contribution in [0.25, 0.3) is 10.2 Å². The molecule has 1 aliphatic heterocycles. The number of nitrogens with one attached hydrogen (secondary N) is 1. The molecule has 1 aromatic heterocycles. The van der Waals surface area contributed by atoms with Gasteiger partial charge in [-0.25, -0.2) is 9.78 Å². The van der Waals surface area contributed by atoms with Gasteiger partial charge in [-0.3, -0.25) is 9.80 Å². The number of hydrogen-bond acceptors (Lipinski definition) is 6. The van der Waals surface area contributed by atoms with Gasteiger partial charge < -0.3 is 14.8 Å². The van der Waals surface area contributed by atoms with Crippen LogP contribution >= 0.6 is 23.7 Å². The Morgan fingerprint density at radius 2 is 1.91 bits per heavy atom. The zero-order valence-electron chi connectivity index (χ0n) is 18.3. The summed E-state index contributed by atoms with van der Waals surface area (Å²) in [6.07, 6.45) is -4.78. The summed E-state index contributed by atoms with van der Waals surface area (Å²) in [6.45, 7) is 5.75. The van der Waals surface area contributed by atoms with Gasteiger partial charge in [-0.15, -0.1) is 25.6 Å². The second-order valence-electron chi connectivity index (χ2n) is 7.58. The van der Waals surface area contributed by atoms with Crippen LogP contribution in [-0.2, 0) is 4.74 Å². The van der Waals surface area contributed by atoms with E-state index in [4.69, 9.17) is 4.74 Å². The normalized spacial score (nSPS) is 14.5. The Kier molecular flexibility index (Phi) is 8.58. The van der Waals surface area contributed by atoms with E-state index in [0.717, 1.165) is 30.0 Å². The number of thiazole rings is 1. The maximum atomic E-state index is 13.2. The van der Waals surface area contributed by atoms with Crippen molar-refractivity contribution in [3.05, 3.63) is 48.0 Å². The number of benzene rings is 2. The molecule has 3 aromatic rings. The second-order valence-corrected chi connectivity index (χ2v) is 8.58. The number of urea groups is 1. The minimum atomic E-state index is -4.78. The summed E-state index contributed by atoms with van der Waals surface area (Å²) in [5.41, 5.74) is 2.20. The number of carbonyl (C=O) groups is 1. The molecule has 2 heterocycles. The smallest absolute Gasteiger partial charge is 0.406 e. The second kappa shape index (κ2) is 11.2. The van der Waals surface area contributed by atoms with E-state index in [0.29, 0.717) is 47.3 Å². The number of fused-ring (bicyclic) bond motifs is 1. The maximum absolute atomic E-state index is 13.2. The molecule has 184 valence electrons. The van der Waals surface area contributed by atoms with Crippen molar-refractivity contribution >= 4 is 50.8 Å². The summed E-state index contributed by atoms with van der Waals surface area (Å²) in [6, 6.07) is 11.0. The lowest BCUT2D eigenvalue weighted by Crippen LogP contribution is -2.44. The molecule has 0 aliphatic carbocycles. The van der Waals surface area contributed by atoms with Crippen molar-refractivity contribution in [2.45, 2.75) is 13.3 Å². The average Bonchev–Trinajstić information content (AvgIpc) is 3.18. The summed E-state index contributed by atoms with van der Waals surface area (Å²) in [4.78, 5) is 21.4. The number of carbonyl (C=O) groups excluding carboxylic acids is 1. The quantitative estimate of drug-likeness (QED) is 0.482. The van der Waals surface area contributed by atoms with Gasteiger partial charge in [0.05, 0.1) is 23.4 Å². The summed E-state index contributed by atoms with van der Waals surface area (Å²) in [5, 5.41) is 3.27. The fourth-order valence-corrected chi connectivity index (χ4v) is 4.40. The van der Waals surface area contributed by atoms with Crippen LogP contribution in [0, 0.1) is 6.92 Å². The van der Waals surface area contributed by atoms with Gasteiger partial charge in [0.15, 0.2) is 5.13 Å². The molecule has 2 aromatic carbocycles. The standard InChI is InChI=1S/C22H23F3N4O3S.ClH/c1-15-2-4-16(5-3-15)26-20(30)29(9-8-28-10-12-31-13-11-28)21-27-18-7-6-17(14-19(18)33-21)32-22(23,24)25;/h2-7,14H,8-13H2,1H3,(H,26,30);1H. The van der Waals surface area contributed by atoms with Gasteiger partial charge in [-0.2, -0.15) is 0 Å². The third-order valence-electron chi connectivity index (χ3n) is 5.10. The van der Waals surface area contributed by atoms with E-state index in [1.54, 1.807) is 0 Å². The lowest BCUT2D eigenvalue weighted by atomic mass is 10.2. The van der Waals surface area contributed by atoms with Crippen molar-refractivity contribution in [2.75, 3.05) is 49.6 Å². The molecule has 4 rings (SSSR count). The van der Waals surface area contributed by atoms with Crippen molar-refractivity contribution in [2.24, 2.45) is 0 Å². The van der Waals surface area contributed by atoms with Crippen molar-refractivity contribution in [1.29, 1.82) is 0 Å². The number of amides is 2. The number of aryl methyl sites for hydroxylation is 1. The Morgan fingerprint density at radius 1 is 1.21 bits per heavy atom. The topological polar surface area (TPSA) is 66.9 Å². The number of halogens is 4. The molecular weight excluding hydrogens is 493 g/mol. The zero-order chi connectivity index (χ0) is 23.4. The number of nitrogens with zero attached hydrogens (tertiary/aromatic N) is 3. The third kappa shape index (κ3) is 6.95. The highest BCUT2D eigenvalue weighted by atomic mass is 35.5. The molecule has 0 radical (unpaired) electrons. The zero-order valence-corrected chi connectivity index (χ0v) is 19.9. The first-order valence-electron chi connectivity index (χ1n) is 10.4. The van der Waals surface area contributed by atoms with Crippen LogP contribution in [0.2, 0.25) is 0 Å². The van der Waals surface area contributed by atoms with E-state index in [9.17, 15) is 18.0 Å². The Hall–Kier alpha value is -2.60. The number of hydrogen-bond donors (Lipinski definition) is 1. The van der Waals surface area contributed by atoms with E-state index in [-0.39, 0.29) is 24.2 Å². The van der Waals surface area contributed by atoms with E-state index in [1.165, 1.54) is 23.1 Å². The molecule has 1 saturated heterocycles.